The number of amides is 1. The molecule has 3 N–H and O–H groups in total. The van der Waals surface area contributed by atoms with E-state index in [9.17, 15) is 4.79 Å². The van der Waals surface area contributed by atoms with Gasteiger partial charge in [0.1, 0.15) is 5.60 Å². The van der Waals surface area contributed by atoms with Gasteiger partial charge in [0.2, 0.25) is 0 Å². The molecule has 0 unspecified atom stereocenters. The number of nitrogens with one attached hydrogen (secondary N) is 3. The first-order chi connectivity index (χ1) is 13.0. The lowest BCUT2D eigenvalue weighted by Crippen LogP contribution is -2.57. The van der Waals surface area contributed by atoms with E-state index in [1.807, 2.05) is 40.7 Å². The summed E-state index contributed by atoms with van der Waals surface area (Å²) < 4.78 is 10.8. The summed E-state index contributed by atoms with van der Waals surface area (Å²) in [5, 5.41) is 13.6. The van der Waals surface area contributed by atoms with Crippen molar-refractivity contribution in [3.63, 3.8) is 0 Å². The number of ether oxygens (including phenoxy) is 1. The van der Waals surface area contributed by atoms with Gasteiger partial charge in [-0.3, -0.25) is 4.99 Å². The molecule has 28 heavy (non-hydrogen) atoms. The molecule has 0 aliphatic heterocycles. The van der Waals surface area contributed by atoms with Crippen molar-refractivity contribution in [1.82, 2.24) is 21.1 Å². The van der Waals surface area contributed by atoms with Gasteiger partial charge in [-0.1, -0.05) is 32.9 Å². The van der Waals surface area contributed by atoms with E-state index in [2.05, 4.69) is 39.9 Å². The fourth-order valence-electron chi connectivity index (χ4n) is 2.57. The van der Waals surface area contributed by atoms with Gasteiger partial charge in [-0.15, -0.1) is 0 Å². The third-order valence-electron chi connectivity index (χ3n) is 4.54. The molecule has 0 saturated heterocycles. The Morgan fingerprint density at radius 1 is 1.25 bits per heavy atom. The molecule has 1 aromatic heterocycles. The van der Waals surface area contributed by atoms with Crippen LogP contribution in [0, 0.1) is 0 Å². The number of rotatable bonds is 8. The summed E-state index contributed by atoms with van der Waals surface area (Å²) in [5.74, 6) is 1.69. The lowest BCUT2D eigenvalue weighted by atomic mass is 9.93. The zero-order valence-electron chi connectivity index (χ0n) is 18.6. The monoisotopic (exact) mass is 395 g/mol. The molecule has 0 aliphatic rings. The zero-order chi connectivity index (χ0) is 21.4. The second-order valence-corrected chi connectivity index (χ2v) is 8.27. The zero-order valence-corrected chi connectivity index (χ0v) is 18.6. The standard InChI is InChI=1S/C20H37N5O3/c1-9-20(10-2,24-18(26)27-19(5,6)7)13-23-17(21-8)22-12-15-11-16(14(3)4)25-28-15/h11,14H,9-10,12-13H2,1-8H3,(H,24,26)(H2,21,22,23). The van der Waals surface area contributed by atoms with E-state index in [-0.39, 0.29) is 0 Å². The number of guanidine groups is 1. The Balaban J connectivity index is 2.64. The Morgan fingerprint density at radius 2 is 1.89 bits per heavy atom. The molecule has 0 radical (unpaired) electrons. The second kappa shape index (κ2) is 10.3. The maximum Gasteiger partial charge on any atom is 0.408 e. The molecule has 8 heteroatoms. The summed E-state index contributed by atoms with van der Waals surface area (Å²) in [5.41, 5.74) is -0.0390. The van der Waals surface area contributed by atoms with Crippen LogP contribution in [0.4, 0.5) is 4.79 Å². The Labute approximate surface area is 168 Å². The molecule has 0 spiro atoms. The van der Waals surface area contributed by atoms with Crippen molar-refractivity contribution < 1.29 is 14.1 Å². The van der Waals surface area contributed by atoms with Crippen LogP contribution >= 0.6 is 0 Å². The van der Waals surface area contributed by atoms with Gasteiger partial charge in [0.25, 0.3) is 0 Å². The van der Waals surface area contributed by atoms with Crippen molar-refractivity contribution in [2.45, 2.75) is 84.9 Å². The predicted octanol–water partition coefficient (Wildman–Crippen LogP) is 3.55. The molecule has 1 rings (SSSR count). The number of hydrogen-bond acceptors (Lipinski definition) is 5. The minimum atomic E-state index is -0.533. The first-order valence-corrected chi connectivity index (χ1v) is 9.95. The van der Waals surface area contributed by atoms with Gasteiger partial charge in [-0.05, 0) is 39.5 Å². The first kappa shape index (κ1) is 23.8. The summed E-state index contributed by atoms with van der Waals surface area (Å²) in [6.07, 6.45) is 1.10. The normalized spacial score (nSPS) is 12.8. The smallest absolute Gasteiger partial charge is 0.408 e. The van der Waals surface area contributed by atoms with Crippen molar-refractivity contribution in [1.29, 1.82) is 0 Å². The van der Waals surface area contributed by atoms with E-state index in [1.54, 1.807) is 7.05 Å². The highest BCUT2D eigenvalue weighted by Gasteiger charge is 2.30. The van der Waals surface area contributed by atoms with Crippen molar-refractivity contribution in [2.75, 3.05) is 13.6 Å². The van der Waals surface area contributed by atoms with Gasteiger partial charge in [0, 0.05) is 19.7 Å². The molecular formula is C20H37N5O3. The van der Waals surface area contributed by atoms with E-state index in [4.69, 9.17) is 9.26 Å². The van der Waals surface area contributed by atoms with E-state index in [0.717, 1.165) is 24.3 Å². The third kappa shape index (κ3) is 7.78. The molecular weight excluding hydrogens is 358 g/mol. The number of alkyl carbamates (subject to hydrolysis) is 1. The molecule has 0 aliphatic carbocycles. The van der Waals surface area contributed by atoms with Gasteiger partial charge in [0.05, 0.1) is 17.8 Å². The van der Waals surface area contributed by atoms with Crippen LogP contribution in [0.25, 0.3) is 0 Å². The van der Waals surface area contributed by atoms with Gasteiger partial charge in [-0.2, -0.15) is 0 Å². The number of carbonyl (C=O) groups excluding carboxylic acids is 1. The van der Waals surface area contributed by atoms with Crippen molar-refractivity contribution >= 4 is 12.1 Å². The van der Waals surface area contributed by atoms with Crippen molar-refractivity contribution in [2.24, 2.45) is 4.99 Å². The molecule has 160 valence electrons. The van der Waals surface area contributed by atoms with Crippen molar-refractivity contribution in [3.8, 4) is 0 Å². The van der Waals surface area contributed by atoms with Crippen LogP contribution in [-0.2, 0) is 11.3 Å². The van der Waals surface area contributed by atoms with Crippen LogP contribution in [0.5, 0.6) is 0 Å². The van der Waals surface area contributed by atoms with Crippen LogP contribution in [0.15, 0.2) is 15.6 Å². The Morgan fingerprint density at radius 3 is 2.36 bits per heavy atom. The summed E-state index contributed by atoms with van der Waals surface area (Å²) in [6.45, 7) is 14.8. The summed E-state index contributed by atoms with van der Waals surface area (Å²) >= 11 is 0. The molecule has 1 aromatic rings. The summed E-state index contributed by atoms with van der Waals surface area (Å²) in [6, 6.07) is 1.94. The van der Waals surface area contributed by atoms with Crippen LogP contribution < -0.4 is 16.0 Å². The van der Waals surface area contributed by atoms with Crippen LogP contribution in [0.1, 0.15) is 78.7 Å². The van der Waals surface area contributed by atoms with E-state index in [0.29, 0.717) is 25.0 Å². The number of aromatic nitrogens is 1. The van der Waals surface area contributed by atoms with Gasteiger partial charge in [-0.25, -0.2) is 4.79 Å². The van der Waals surface area contributed by atoms with E-state index in [1.165, 1.54) is 0 Å². The molecule has 1 amide bonds. The fraction of sp³-hybridized carbons (Fsp3) is 0.750. The number of hydrogen-bond donors (Lipinski definition) is 3. The number of aliphatic imine (C=N–C) groups is 1. The fourth-order valence-corrected chi connectivity index (χ4v) is 2.57. The predicted molar refractivity (Wildman–Crippen MR) is 111 cm³/mol. The number of nitrogens with zero attached hydrogens (tertiary/aromatic N) is 2. The largest absolute Gasteiger partial charge is 0.444 e. The summed E-state index contributed by atoms with van der Waals surface area (Å²) in [7, 11) is 1.70. The average Bonchev–Trinajstić information content (AvgIpc) is 3.08. The molecule has 0 bridgehead atoms. The lowest BCUT2D eigenvalue weighted by molar-refractivity contribution is 0.0448. The Kier molecular flexibility index (Phi) is 8.78. The highest BCUT2D eigenvalue weighted by Crippen LogP contribution is 2.16. The van der Waals surface area contributed by atoms with Crippen LogP contribution in [-0.4, -0.2) is 41.9 Å². The molecule has 0 atom stereocenters. The summed E-state index contributed by atoms with van der Waals surface area (Å²) in [4.78, 5) is 16.5. The Hall–Kier alpha value is -2.25. The number of carbonyl (C=O) groups is 1. The van der Waals surface area contributed by atoms with Gasteiger partial charge < -0.3 is 25.2 Å². The lowest BCUT2D eigenvalue weighted by Gasteiger charge is -2.34. The third-order valence-corrected chi connectivity index (χ3v) is 4.54. The van der Waals surface area contributed by atoms with Crippen LogP contribution in [0.3, 0.4) is 0 Å². The molecule has 0 saturated carbocycles. The van der Waals surface area contributed by atoms with E-state index >= 15 is 0 Å². The van der Waals surface area contributed by atoms with Gasteiger partial charge in [0.15, 0.2) is 11.7 Å². The van der Waals surface area contributed by atoms with Gasteiger partial charge >= 0.3 is 6.09 Å². The highest BCUT2D eigenvalue weighted by atomic mass is 16.6. The minimum absolute atomic E-state index is 0.323. The maximum atomic E-state index is 12.2. The molecule has 0 aromatic carbocycles. The molecule has 8 nitrogen and oxygen atoms in total. The van der Waals surface area contributed by atoms with E-state index < -0.39 is 17.2 Å². The second-order valence-electron chi connectivity index (χ2n) is 8.27. The quantitative estimate of drug-likeness (QED) is 0.460. The topological polar surface area (TPSA) is 101 Å². The maximum absolute atomic E-state index is 12.2. The highest BCUT2D eigenvalue weighted by molar-refractivity contribution is 5.79. The average molecular weight is 396 g/mol. The van der Waals surface area contributed by atoms with Crippen LogP contribution in [0.2, 0.25) is 0 Å². The molecule has 0 fully saturated rings. The minimum Gasteiger partial charge on any atom is -0.444 e. The van der Waals surface area contributed by atoms with Crippen molar-refractivity contribution in [3.05, 3.63) is 17.5 Å². The first-order valence-electron chi connectivity index (χ1n) is 9.95. The Bertz CT molecular complexity index is 643. The SMILES string of the molecule is CCC(CC)(CNC(=NC)NCc1cc(C(C)C)no1)NC(=O)OC(C)(C)C. The molecule has 1 heterocycles.